The van der Waals surface area contributed by atoms with E-state index in [1.807, 2.05) is 19.3 Å². The number of carbonyl (C=O) groups excluding carboxylic acids is 1. The molecule has 2 fully saturated rings. The van der Waals surface area contributed by atoms with Gasteiger partial charge < -0.3 is 15.5 Å². The number of hydrogen-bond donors (Lipinski definition) is 2. The molecule has 3 rings (SSSR count). The summed E-state index contributed by atoms with van der Waals surface area (Å²) in [7, 11) is 3.61. The van der Waals surface area contributed by atoms with Gasteiger partial charge in [-0.1, -0.05) is 19.3 Å². The third-order valence-corrected chi connectivity index (χ3v) is 5.69. The Balaban J connectivity index is 1.61. The highest BCUT2D eigenvalue weighted by Gasteiger charge is 2.41. The first-order valence-electron chi connectivity index (χ1n) is 9.34. The van der Waals surface area contributed by atoms with Crippen LogP contribution in [0.4, 0.5) is 5.82 Å². The predicted octanol–water partition coefficient (Wildman–Crippen LogP) is 1.99. The van der Waals surface area contributed by atoms with Crippen LogP contribution in [-0.4, -0.2) is 52.8 Å². The number of likely N-dealkylation sites (tertiary alicyclic amines) is 1. The van der Waals surface area contributed by atoms with E-state index in [2.05, 4.69) is 20.6 Å². The second kappa shape index (κ2) is 7.55. The molecule has 0 radical (unpaired) electrons. The highest BCUT2D eigenvalue weighted by molar-refractivity contribution is 5.89. The van der Waals surface area contributed by atoms with E-state index in [4.69, 9.17) is 0 Å². The molecule has 1 aromatic heterocycles. The largest absolute Gasteiger partial charge is 0.357 e. The van der Waals surface area contributed by atoms with E-state index in [-0.39, 0.29) is 5.91 Å². The summed E-state index contributed by atoms with van der Waals surface area (Å²) in [4.78, 5) is 15.1. The maximum absolute atomic E-state index is 12.6. The molecular weight excluding hydrogens is 302 g/mol. The summed E-state index contributed by atoms with van der Waals surface area (Å²) in [5.74, 6) is 1.71. The molecule has 0 bridgehead atoms. The van der Waals surface area contributed by atoms with E-state index in [0.717, 1.165) is 37.7 Å². The Kier molecular flexibility index (Phi) is 5.43. The van der Waals surface area contributed by atoms with Crippen LogP contribution >= 0.6 is 0 Å². The molecule has 0 atom stereocenters. The van der Waals surface area contributed by atoms with Crippen LogP contribution in [0.3, 0.4) is 0 Å². The Morgan fingerprint density at radius 1 is 1.29 bits per heavy atom. The molecule has 1 aromatic rings. The number of hydrogen-bond acceptors (Lipinski definition) is 4. The minimum absolute atomic E-state index is 0.0745. The van der Waals surface area contributed by atoms with Gasteiger partial charge >= 0.3 is 0 Å². The smallest absolute Gasteiger partial charge is 0.245 e. The van der Waals surface area contributed by atoms with E-state index >= 15 is 0 Å². The molecule has 1 amide bonds. The zero-order valence-electron chi connectivity index (χ0n) is 15.1. The zero-order chi connectivity index (χ0) is 17.0. The SMILES string of the molecule is CNC(=O)C1(Nc2ccn(C)n2)CCN(CC2CCCCC2)CC1. The van der Waals surface area contributed by atoms with Gasteiger partial charge in [-0.25, -0.2) is 0 Å². The predicted molar refractivity (Wildman–Crippen MR) is 95.9 cm³/mol. The molecule has 2 N–H and O–H groups in total. The first-order valence-corrected chi connectivity index (χ1v) is 9.34. The van der Waals surface area contributed by atoms with Crippen molar-refractivity contribution in [2.24, 2.45) is 13.0 Å². The Hall–Kier alpha value is -1.56. The molecule has 2 aliphatic rings. The van der Waals surface area contributed by atoms with Crippen LogP contribution in [0.2, 0.25) is 0 Å². The number of nitrogens with one attached hydrogen (secondary N) is 2. The minimum atomic E-state index is -0.536. The molecule has 1 saturated carbocycles. The fourth-order valence-corrected chi connectivity index (χ4v) is 4.23. The van der Waals surface area contributed by atoms with E-state index in [9.17, 15) is 4.79 Å². The molecule has 2 heterocycles. The van der Waals surface area contributed by atoms with Crippen LogP contribution in [0.25, 0.3) is 0 Å². The van der Waals surface area contributed by atoms with Crippen molar-refractivity contribution < 1.29 is 4.79 Å². The van der Waals surface area contributed by atoms with Crippen molar-refractivity contribution in [2.75, 3.05) is 32.0 Å². The number of rotatable bonds is 5. The molecular formula is C18H31N5O. The summed E-state index contributed by atoms with van der Waals surface area (Å²) in [5, 5.41) is 10.7. The van der Waals surface area contributed by atoms with Crippen molar-refractivity contribution in [1.82, 2.24) is 20.0 Å². The number of carbonyl (C=O) groups is 1. The molecule has 0 aromatic carbocycles. The minimum Gasteiger partial charge on any atom is -0.357 e. The molecule has 6 heteroatoms. The quantitative estimate of drug-likeness (QED) is 0.865. The van der Waals surface area contributed by atoms with Gasteiger partial charge in [0.1, 0.15) is 11.4 Å². The Morgan fingerprint density at radius 3 is 2.58 bits per heavy atom. The summed E-state index contributed by atoms with van der Waals surface area (Å²) in [5.41, 5.74) is -0.536. The third kappa shape index (κ3) is 3.91. The maximum atomic E-state index is 12.6. The van der Waals surface area contributed by atoms with Gasteiger partial charge in [-0.3, -0.25) is 9.48 Å². The lowest BCUT2D eigenvalue weighted by atomic mass is 9.84. The third-order valence-electron chi connectivity index (χ3n) is 5.69. The summed E-state index contributed by atoms with van der Waals surface area (Å²) in [6, 6.07) is 1.93. The number of amides is 1. The maximum Gasteiger partial charge on any atom is 0.245 e. The Bertz CT molecular complexity index is 541. The number of anilines is 1. The Labute approximate surface area is 145 Å². The Morgan fingerprint density at radius 2 is 2.00 bits per heavy atom. The molecule has 6 nitrogen and oxygen atoms in total. The molecule has 0 spiro atoms. The monoisotopic (exact) mass is 333 g/mol. The van der Waals surface area contributed by atoms with Crippen molar-refractivity contribution in [1.29, 1.82) is 0 Å². The summed E-state index contributed by atoms with van der Waals surface area (Å²) in [6.07, 6.45) is 10.5. The highest BCUT2D eigenvalue weighted by Crippen LogP contribution is 2.30. The van der Waals surface area contributed by atoms with Crippen LogP contribution in [0.15, 0.2) is 12.3 Å². The molecule has 1 aliphatic carbocycles. The average Bonchev–Trinajstić information content (AvgIpc) is 3.01. The van der Waals surface area contributed by atoms with Crippen LogP contribution in [0.5, 0.6) is 0 Å². The highest BCUT2D eigenvalue weighted by atomic mass is 16.2. The number of piperidine rings is 1. The fraction of sp³-hybridized carbons (Fsp3) is 0.778. The standard InChI is InChI=1S/C18H31N5O/c1-19-17(24)18(20-16-8-11-22(2)21-16)9-12-23(13-10-18)14-15-6-4-3-5-7-15/h8,11,15H,3-7,9-10,12-14H2,1-2H3,(H,19,24)(H,20,21). The summed E-state index contributed by atoms with van der Waals surface area (Å²) in [6.45, 7) is 3.15. The van der Waals surface area contributed by atoms with E-state index in [1.54, 1.807) is 11.7 Å². The number of aryl methyl sites for hydroxylation is 1. The lowest BCUT2D eigenvalue weighted by molar-refractivity contribution is -0.126. The van der Waals surface area contributed by atoms with Crippen LogP contribution < -0.4 is 10.6 Å². The first kappa shape index (κ1) is 17.3. The van der Waals surface area contributed by atoms with Gasteiger partial charge in [-0.2, -0.15) is 5.10 Å². The second-order valence-electron chi connectivity index (χ2n) is 7.47. The molecule has 0 unspecified atom stereocenters. The fourth-order valence-electron chi connectivity index (χ4n) is 4.23. The van der Waals surface area contributed by atoms with Gasteiger partial charge in [0.2, 0.25) is 5.91 Å². The van der Waals surface area contributed by atoms with E-state index in [0.29, 0.717) is 0 Å². The van der Waals surface area contributed by atoms with E-state index < -0.39 is 5.54 Å². The van der Waals surface area contributed by atoms with Gasteiger partial charge in [0.05, 0.1) is 0 Å². The molecule has 1 aliphatic heterocycles. The van der Waals surface area contributed by atoms with Crippen LogP contribution in [-0.2, 0) is 11.8 Å². The molecule has 24 heavy (non-hydrogen) atoms. The second-order valence-corrected chi connectivity index (χ2v) is 7.47. The van der Waals surface area contributed by atoms with Gasteiger partial charge in [0.25, 0.3) is 0 Å². The lowest BCUT2D eigenvalue weighted by Gasteiger charge is -2.42. The molecule has 134 valence electrons. The number of likely N-dealkylation sites (N-methyl/N-ethyl adjacent to an activating group) is 1. The zero-order valence-corrected chi connectivity index (χ0v) is 15.1. The van der Waals surface area contributed by atoms with Crippen molar-refractivity contribution in [3.8, 4) is 0 Å². The normalized spacial score (nSPS) is 22.2. The van der Waals surface area contributed by atoms with Crippen molar-refractivity contribution in [3.05, 3.63) is 12.3 Å². The summed E-state index contributed by atoms with van der Waals surface area (Å²) < 4.78 is 1.76. The average molecular weight is 333 g/mol. The summed E-state index contributed by atoms with van der Waals surface area (Å²) >= 11 is 0. The number of nitrogens with zero attached hydrogens (tertiary/aromatic N) is 3. The number of aromatic nitrogens is 2. The van der Waals surface area contributed by atoms with Crippen molar-refractivity contribution >= 4 is 11.7 Å². The topological polar surface area (TPSA) is 62.2 Å². The van der Waals surface area contributed by atoms with Crippen molar-refractivity contribution in [2.45, 2.75) is 50.5 Å². The van der Waals surface area contributed by atoms with Crippen molar-refractivity contribution in [3.63, 3.8) is 0 Å². The van der Waals surface area contributed by atoms with Crippen LogP contribution in [0, 0.1) is 5.92 Å². The van der Waals surface area contributed by atoms with E-state index in [1.165, 1.54) is 38.6 Å². The first-order chi connectivity index (χ1) is 11.6. The lowest BCUT2D eigenvalue weighted by Crippen LogP contribution is -2.58. The molecule has 1 saturated heterocycles. The van der Waals surface area contributed by atoms with Crippen LogP contribution in [0.1, 0.15) is 44.9 Å². The van der Waals surface area contributed by atoms with Gasteiger partial charge in [-0.05, 0) is 31.6 Å². The van der Waals surface area contributed by atoms with Gasteiger partial charge in [0, 0.05) is 46.0 Å². The van der Waals surface area contributed by atoms with Gasteiger partial charge in [0.15, 0.2) is 0 Å². The van der Waals surface area contributed by atoms with Gasteiger partial charge in [-0.15, -0.1) is 0 Å².